The molecule has 0 bridgehead atoms. The Balaban J connectivity index is 1.84. The first-order chi connectivity index (χ1) is 13.2. The van der Waals surface area contributed by atoms with Crippen LogP contribution in [0.5, 0.6) is 0 Å². The van der Waals surface area contributed by atoms with Crippen molar-refractivity contribution in [2.45, 2.75) is 31.4 Å². The van der Waals surface area contributed by atoms with Crippen molar-refractivity contribution in [1.82, 2.24) is 0 Å². The molecule has 1 saturated heterocycles. The van der Waals surface area contributed by atoms with E-state index in [1.54, 1.807) is 0 Å². The molecule has 0 spiro atoms. The molecule has 2 aromatic rings. The fraction of sp³-hybridized carbons (Fsp3) is 0.400. The minimum Gasteiger partial charge on any atom is -0.348 e. The van der Waals surface area contributed by atoms with Gasteiger partial charge in [0.15, 0.2) is 6.29 Å². The van der Waals surface area contributed by atoms with Gasteiger partial charge >= 0.3 is 5.38 Å². The van der Waals surface area contributed by atoms with Crippen molar-refractivity contribution in [3.05, 3.63) is 58.9 Å². The van der Waals surface area contributed by atoms with Gasteiger partial charge in [-0.15, -0.1) is 0 Å². The zero-order chi connectivity index (χ0) is 20.5. The number of halogens is 6. The molecule has 1 heterocycles. The number of alkyl halides is 3. The van der Waals surface area contributed by atoms with Gasteiger partial charge in [-0.05, 0) is 41.8 Å². The number of ether oxygens (including phenoxy) is 2. The van der Waals surface area contributed by atoms with Gasteiger partial charge in [-0.3, -0.25) is 0 Å². The van der Waals surface area contributed by atoms with Crippen LogP contribution < -0.4 is 0 Å². The molecule has 0 N–H and O–H groups in total. The molecule has 1 fully saturated rings. The summed E-state index contributed by atoms with van der Waals surface area (Å²) in [5.41, 5.74) is -1.52. The summed E-state index contributed by atoms with van der Waals surface area (Å²) < 4.78 is 79.9. The quantitative estimate of drug-likeness (QED) is 0.405. The van der Waals surface area contributed by atoms with Crippen molar-refractivity contribution in [2.24, 2.45) is 5.92 Å². The lowest BCUT2D eigenvalue weighted by molar-refractivity contribution is -0.206. The molecular formula is C20H18ClF5O2. The Kier molecular flexibility index (Phi) is 6.27. The summed E-state index contributed by atoms with van der Waals surface area (Å²) >= 11 is 4.72. The molecule has 3 rings (SSSR count). The molecular weight excluding hydrogens is 403 g/mol. The van der Waals surface area contributed by atoms with E-state index in [2.05, 4.69) is 6.92 Å². The first-order valence-corrected chi connectivity index (χ1v) is 9.17. The van der Waals surface area contributed by atoms with Gasteiger partial charge in [0.25, 0.3) is 0 Å². The third-order valence-corrected chi connectivity index (χ3v) is 4.75. The number of rotatable bonds is 5. The number of benzene rings is 2. The molecule has 152 valence electrons. The standard InChI is InChI=1S/C20H18ClF5O2/c1-2-3-11-9-27-19(28-10-11)12-4-5-14(15(22)6-12)13-7-16(23)18(17(24)8-13)20(21,25)26/h4-8,11,19H,2-3,9-10H2,1H3. The van der Waals surface area contributed by atoms with Gasteiger partial charge in [0.1, 0.15) is 23.0 Å². The Morgan fingerprint density at radius 3 is 2.11 bits per heavy atom. The van der Waals surface area contributed by atoms with E-state index in [1.165, 1.54) is 12.1 Å². The van der Waals surface area contributed by atoms with Crippen LogP contribution in [0, 0.1) is 23.4 Å². The molecule has 8 heteroatoms. The maximum absolute atomic E-state index is 14.6. The van der Waals surface area contributed by atoms with Gasteiger partial charge in [0.05, 0.1) is 13.2 Å². The molecule has 0 amide bonds. The minimum atomic E-state index is -4.21. The topological polar surface area (TPSA) is 18.5 Å². The van der Waals surface area contributed by atoms with Gasteiger partial charge in [-0.25, -0.2) is 13.2 Å². The smallest absolute Gasteiger partial charge is 0.348 e. The molecule has 0 saturated carbocycles. The Morgan fingerprint density at radius 1 is 1.00 bits per heavy atom. The summed E-state index contributed by atoms with van der Waals surface area (Å²) in [6.45, 7) is 3.05. The molecule has 2 nitrogen and oxygen atoms in total. The van der Waals surface area contributed by atoms with Crippen molar-refractivity contribution in [3.63, 3.8) is 0 Å². The van der Waals surface area contributed by atoms with Crippen LogP contribution in [0.15, 0.2) is 30.3 Å². The third-order valence-electron chi connectivity index (χ3n) is 4.57. The van der Waals surface area contributed by atoms with Gasteiger partial charge in [-0.1, -0.05) is 25.5 Å². The van der Waals surface area contributed by atoms with Crippen LogP contribution in [0.1, 0.15) is 37.2 Å². The second kappa shape index (κ2) is 8.35. The molecule has 0 atom stereocenters. The first-order valence-electron chi connectivity index (χ1n) is 8.80. The van der Waals surface area contributed by atoms with Crippen LogP contribution in [-0.2, 0) is 14.9 Å². The zero-order valence-corrected chi connectivity index (χ0v) is 15.7. The molecule has 28 heavy (non-hydrogen) atoms. The lowest BCUT2D eigenvalue weighted by atomic mass is 10.00. The fourth-order valence-corrected chi connectivity index (χ4v) is 3.40. The van der Waals surface area contributed by atoms with Crippen molar-refractivity contribution in [3.8, 4) is 11.1 Å². The summed E-state index contributed by atoms with van der Waals surface area (Å²) in [5, 5.41) is -4.21. The lowest BCUT2D eigenvalue weighted by Gasteiger charge is -2.29. The monoisotopic (exact) mass is 420 g/mol. The summed E-state index contributed by atoms with van der Waals surface area (Å²) in [4.78, 5) is 0. The van der Waals surface area contributed by atoms with E-state index in [9.17, 15) is 22.0 Å². The average Bonchev–Trinajstić information content (AvgIpc) is 2.60. The Hall–Kier alpha value is -1.70. The molecule has 0 aromatic heterocycles. The van der Waals surface area contributed by atoms with Crippen LogP contribution in [0.3, 0.4) is 0 Å². The highest BCUT2D eigenvalue weighted by Gasteiger charge is 2.35. The lowest BCUT2D eigenvalue weighted by Crippen LogP contribution is -2.27. The highest BCUT2D eigenvalue weighted by atomic mass is 35.5. The predicted octanol–water partition coefficient (Wildman–Crippen LogP) is 6.52. The van der Waals surface area contributed by atoms with Gasteiger partial charge in [0.2, 0.25) is 0 Å². The van der Waals surface area contributed by atoms with E-state index < -0.39 is 34.7 Å². The van der Waals surface area contributed by atoms with Crippen molar-refractivity contribution in [2.75, 3.05) is 13.2 Å². The summed E-state index contributed by atoms with van der Waals surface area (Å²) in [6, 6.07) is 5.18. The maximum atomic E-state index is 14.6. The van der Waals surface area contributed by atoms with Crippen LogP contribution in [0.4, 0.5) is 22.0 Å². The highest BCUT2D eigenvalue weighted by Crippen LogP contribution is 2.38. The number of hydrogen-bond donors (Lipinski definition) is 0. The molecule has 0 radical (unpaired) electrons. The summed E-state index contributed by atoms with van der Waals surface area (Å²) in [6.07, 6.45) is 1.24. The van der Waals surface area contributed by atoms with E-state index in [-0.39, 0.29) is 17.0 Å². The van der Waals surface area contributed by atoms with E-state index in [0.29, 0.717) is 30.9 Å². The van der Waals surface area contributed by atoms with Gasteiger partial charge in [-0.2, -0.15) is 8.78 Å². The number of hydrogen-bond acceptors (Lipinski definition) is 2. The fourth-order valence-electron chi connectivity index (χ4n) is 3.22. The van der Waals surface area contributed by atoms with E-state index in [4.69, 9.17) is 21.1 Å². The highest BCUT2D eigenvalue weighted by molar-refractivity contribution is 6.21. The summed E-state index contributed by atoms with van der Waals surface area (Å²) in [7, 11) is 0. The third kappa shape index (κ3) is 4.47. The van der Waals surface area contributed by atoms with E-state index in [1.807, 2.05) is 0 Å². The van der Waals surface area contributed by atoms with Gasteiger partial charge < -0.3 is 9.47 Å². The van der Waals surface area contributed by atoms with E-state index in [0.717, 1.165) is 18.9 Å². The van der Waals surface area contributed by atoms with Crippen molar-refractivity contribution < 1.29 is 31.4 Å². The Morgan fingerprint density at radius 2 is 1.61 bits per heavy atom. The van der Waals surface area contributed by atoms with Crippen molar-refractivity contribution in [1.29, 1.82) is 0 Å². The molecule has 0 aliphatic carbocycles. The Bertz CT molecular complexity index is 822. The van der Waals surface area contributed by atoms with Crippen LogP contribution in [0.2, 0.25) is 0 Å². The largest absolute Gasteiger partial charge is 0.353 e. The SMILES string of the molecule is CCCC1COC(c2ccc(-c3cc(F)c(C(F)(F)Cl)c(F)c3)c(F)c2)OC1. The second-order valence-electron chi connectivity index (χ2n) is 6.71. The minimum absolute atomic E-state index is 0.148. The van der Waals surface area contributed by atoms with Crippen LogP contribution in [-0.4, -0.2) is 13.2 Å². The summed E-state index contributed by atoms with van der Waals surface area (Å²) in [5.74, 6) is -3.61. The second-order valence-corrected chi connectivity index (χ2v) is 7.18. The van der Waals surface area contributed by atoms with Crippen molar-refractivity contribution >= 4 is 11.6 Å². The van der Waals surface area contributed by atoms with Crippen LogP contribution >= 0.6 is 11.6 Å². The first kappa shape index (κ1) is 21.0. The molecule has 2 aromatic carbocycles. The maximum Gasteiger partial charge on any atom is 0.353 e. The molecule has 1 aliphatic rings. The normalized spacial score (nSPS) is 20.4. The van der Waals surface area contributed by atoms with Crippen LogP contribution in [0.25, 0.3) is 11.1 Å². The predicted molar refractivity (Wildman–Crippen MR) is 94.5 cm³/mol. The van der Waals surface area contributed by atoms with E-state index >= 15 is 0 Å². The zero-order valence-electron chi connectivity index (χ0n) is 15.0. The average molecular weight is 421 g/mol. The molecule has 0 unspecified atom stereocenters. The van der Waals surface area contributed by atoms with Gasteiger partial charge in [0, 0.05) is 17.0 Å². The Labute approximate surface area is 164 Å². The molecule has 1 aliphatic heterocycles.